The highest BCUT2D eigenvalue weighted by atomic mass is 35.5. The van der Waals surface area contributed by atoms with E-state index in [0.29, 0.717) is 48.4 Å². The molecule has 0 aliphatic carbocycles. The Morgan fingerprint density at radius 1 is 1.22 bits per heavy atom. The van der Waals surface area contributed by atoms with E-state index in [-0.39, 0.29) is 21.7 Å². The number of piperidine rings is 1. The third-order valence-electron chi connectivity index (χ3n) is 4.33. The first kappa shape index (κ1) is 20.2. The molecule has 9 heteroatoms. The van der Waals surface area contributed by atoms with E-state index in [4.69, 9.17) is 23.2 Å². The quantitative estimate of drug-likeness (QED) is 0.629. The molecule has 0 radical (unpaired) electrons. The number of nitrogens with one attached hydrogen (secondary N) is 1. The highest BCUT2D eigenvalue weighted by molar-refractivity contribution is 7.99. The topological polar surface area (TPSA) is 45.2 Å². The van der Waals surface area contributed by atoms with Gasteiger partial charge in [0.15, 0.2) is 0 Å². The summed E-state index contributed by atoms with van der Waals surface area (Å²) >= 11 is 12.2. The molecule has 1 amide bonds. The molecule has 4 nitrogen and oxygen atoms in total. The lowest BCUT2D eigenvalue weighted by atomic mass is 9.96. The van der Waals surface area contributed by atoms with Crippen LogP contribution in [-0.4, -0.2) is 29.7 Å². The molecule has 1 fully saturated rings. The fraction of sp³-hybridized carbons (Fsp3) is 0.333. The van der Waals surface area contributed by atoms with Crippen LogP contribution in [0.4, 0.5) is 20.3 Å². The van der Waals surface area contributed by atoms with Gasteiger partial charge in [-0.2, -0.15) is 8.78 Å². The summed E-state index contributed by atoms with van der Waals surface area (Å²) in [6.45, 7) is 1.36. The monoisotopic (exact) mass is 431 g/mol. The van der Waals surface area contributed by atoms with Crippen LogP contribution in [-0.2, 0) is 4.79 Å². The van der Waals surface area contributed by atoms with Gasteiger partial charge in [0.25, 0.3) is 5.76 Å². The summed E-state index contributed by atoms with van der Waals surface area (Å²) < 4.78 is 25.5. The van der Waals surface area contributed by atoms with Crippen molar-refractivity contribution in [2.24, 2.45) is 5.92 Å². The van der Waals surface area contributed by atoms with Crippen molar-refractivity contribution in [3.05, 3.63) is 46.6 Å². The van der Waals surface area contributed by atoms with Crippen molar-refractivity contribution in [1.29, 1.82) is 0 Å². The Hall–Kier alpha value is -1.57. The second kappa shape index (κ2) is 9.08. The van der Waals surface area contributed by atoms with Gasteiger partial charge in [0.1, 0.15) is 5.82 Å². The molecule has 0 bridgehead atoms. The molecule has 0 spiro atoms. The average molecular weight is 432 g/mol. The van der Waals surface area contributed by atoms with E-state index in [1.807, 2.05) is 6.07 Å². The van der Waals surface area contributed by atoms with Crippen molar-refractivity contribution in [1.82, 2.24) is 4.98 Å². The van der Waals surface area contributed by atoms with Gasteiger partial charge in [-0.1, -0.05) is 41.0 Å². The summed E-state index contributed by atoms with van der Waals surface area (Å²) in [6.07, 6.45) is 2.89. The minimum atomic E-state index is -2.62. The Balaban J connectivity index is 1.62. The van der Waals surface area contributed by atoms with E-state index in [2.05, 4.69) is 15.2 Å². The van der Waals surface area contributed by atoms with Gasteiger partial charge in [-0.3, -0.25) is 4.79 Å². The minimum Gasteiger partial charge on any atom is -0.357 e. The van der Waals surface area contributed by atoms with Crippen LogP contribution in [0.2, 0.25) is 10.0 Å². The van der Waals surface area contributed by atoms with Crippen LogP contribution in [0.5, 0.6) is 0 Å². The molecule has 0 unspecified atom stereocenters. The maximum absolute atomic E-state index is 12.8. The van der Waals surface area contributed by atoms with Crippen LogP contribution in [0.25, 0.3) is 0 Å². The Labute approximate surface area is 170 Å². The molecule has 1 aromatic carbocycles. The number of halogens is 4. The summed E-state index contributed by atoms with van der Waals surface area (Å²) in [6, 6.07) is 8.37. The Morgan fingerprint density at radius 2 is 1.96 bits per heavy atom. The number of aromatic nitrogens is 1. The maximum Gasteiger partial charge on any atom is 0.289 e. The molecule has 1 aliphatic heterocycles. The lowest BCUT2D eigenvalue weighted by Crippen LogP contribution is -2.38. The second-order valence-electron chi connectivity index (χ2n) is 6.08. The molecule has 27 heavy (non-hydrogen) atoms. The van der Waals surface area contributed by atoms with Crippen molar-refractivity contribution >= 4 is 52.4 Å². The number of hydrogen-bond donors (Lipinski definition) is 1. The smallest absolute Gasteiger partial charge is 0.289 e. The van der Waals surface area contributed by atoms with Gasteiger partial charge >= 0.3 is 0 Å². The van der Waals surface area contributed by atoms with Crippen LogP contribution in [0.1, 0.15) is 12.8 Å². The predicted molar refractivity (Wildman–Crippen MR) is 106 cm³/mol. The number of alkyl halides is 2. The number of rotatable bonds is 5. The van der Waals surface area contributed by atoms with Crippen molar-refractivity contribution in [3.8, 4) is 0 Å². The zero-order chi connectivity index (χ0) is 19.4. The minimum absolute atomic E-state index is 0.183. The Morgan fingerprint density at radius 3 is 2.59 bits per heavy atom. The van der Waals surface area contributed by atoms with Gasteiger partial charge in [0.05, 0.1) is 20.6 Å². The van der Waals surface area contributed by atoms with E-state index in [9.17, 15) is 13.6 Å². The van der Waals surface area contributed by atoms with Crippen LogP contribution >= 0.6 is 35.0 Å². The second-order valence-corrected chi connectivity index (χ2v) is 7.92. The third-order valence-corrected chi connectivity index (χ3v) is 5.84. The van der Waals surface area contributed by atoms with Gasteiger partial charge in [0, 0.05) is 25.2 Å². The number of nitrogens with zero attached hydrogens (tertiary/aromatic N) is 2. The fourth-order valence-corrected chi connectivity index (χ4v) is 4.00. The number of carbonyl (C=O) groups is 1. The molecule has 1 aromatic heterocycles. The third kappa shape index (κ3) is 5.24. The molecule has 0 saturated carbocycles. The number of carbonyl (C=O) groups excluding carboxylic acids is 1. The molecule has 2 aromatic rings. The Kier molecular flexibility index (Phi) is 6.78. The van der Waals surface area contributed by atoms with E-state index in [1.54, 1.807) is 24.4 Å². The Bertz CT molecular complexity index is 800. The van der Waals surface area contributed by atoms with E-state index >= 15 is 0 Å². The summed E-state index contributed by atoms with van der Waals surface area (Å²) in [7, 11) is 0. The van der Waals surface area contributed by atoms with Gasteiger partial charge in [0.2, 0.25) is 5.91 Å². The number of thioether (sulfide) groups is 1. The summed E-state index contributed by atoms with van der Waals surface area (Å²) in [4.78, 5) is 19.2. The van der Waals surface area contributed by atoms with Crippen molar-refractivity contribution in [2.75, 3.05) is 23.3 Å². The fourth-order valence-electron chi connectivity index (χ4n) is 2.98. The molecular formula is C18H17Cl2F2N3OS. The SMILES string of the molecule is O=C(Nc1cccc(Cl)c1SC(F)F)C1CCN(c2ccc(Cl)cn2)CC1. The first-order chi connectivity index (χ1) is 12.9. The van der Waals surface area contributed by atoms with Gasteiger partial charge in [-0.25, -0.2) is 4.98 Å². The normalized spacial score (nSPS) is 15.2. The molecule has 3 rings (SSSR count). The average Bonchev–Trinajstić information content (AvgIpc) is 2.65. The van der Waals surface area contributed by atoms with Gasteiger partial charge in [-0.05, 0) is 37.1 Å². The van der Waals surface area contributed by atoms with E-state index in [0.717, 1.165) is 5.82 Å². The van der Waals surface area contributed by atoms with Gasteiger partial charge < -0.3 is 10.2 Å². The number of benzene rings is 1. The number of hydrogen-bond acceptors (Lipinski definition) is 4. The molecule has 0 atom stereocenters. The zero-order valence-corrected chi connectivity index (χ0v) is 16.5. The first-order valence-electron chi connectivity index (χ1n) is 8.34. The summed E-state index contributed by atoms with van der Waals surface area (Å²) in [5.41, 5.74) is 0.319. The lowest BCUT2D eigenvalue weighted by molar-refractivity contribution is -0.120. The van der Waals surface area contributed by atoms with Crippen LogP contribution < -0.4 is 10.2 Å². The molecule has 1 N–H and O–H groups in total. The number of pyridine rings is 1. The van der Waals surface area contributed by atoms with Gasteiger partial charge in [-0.15, -0.1) is 0 Å². The molecule has 1 aliphatic rings. The number of anilines is 2. The standard InChI is InChI=1S/C18H17Cl2F2N3OS/c19-12-4-5-15(23-10-12)25-8-6-11(7-9-25)17(26)24-14-3-1-2-13(20)16(14)27-18(21)22/h1-5,10-11,18H,6-9H2,(H,24,26). The highest BCUT2D eigenvalue weighted by Crippen LogP contribution is 2.38. The van der Waals surface area contributed by atoms with Crippen LogP contribution in [0, 0.1) is 5.92 Å². The maximum atomic E-state index is 12.8. The van der Waals surface area contributed by atoms with Crippen molar-refractivity contribution < 1.29 is 13.6 Å². The molecule has 144 valence electrons. The van der Waals surface area contributed by atoms with Crippen molar-refractivity contribution in [3.63, 3.8) is 0 Å². The van der Waals surface area contributed by atoms with Crippen LogP contribution in [0.15, 0.2) is 41.4 Å². The zero-order valence-electron chi connectivity index (χ0n) is 14.2. The summed E-state index contributed by atoms with van der Waals surface area (Å²) in [5, 5.41) is 3.53. The van der Waals surface area contributed by atoms with Crippen LogP contribution in [0.3, 0.4) is 0 Å². The lowest BCUT2D eigenvalue weighted by Gasteiger charge is -2.32. The van der Waals surface area contributed by atoms with Crippen molar-refractivity contribution in [2.45, 2.75) is 23.5 Å². The largest absolute Gasteiger partial charge is 0.357 e. The summed E-state index contributed by atoms with van der Waals surface area (Å²) in [5.74, 6) is -2.17. The predicted octanol–water partition coefficient (Wildman–Crippen LogP) is 5.56. The molecule has 2 heterocycles. The van der Waals surface area contributed by atoms with E-state index < -0.39 is 5.76 Å². The highest BCUT2D eigenvalue weighted by Gasteiger charge is 2.26. The van der Waals surface area contributed by atoms with E-state index in [1.165, 1.54) is 6.07 Å². The molecular weight excluding hydrogens is 415 g/mol. The molecule has 1 saturated heterocycles. The number of amides is 1. The first-order valence-corrected chi connectivity index (χ1v) is 9.98.